The van der Waals surface area contributed by atoms with Crippen LogP contribution in [0.4, 0.5) is 0 Å². The Bertz CT molecular complexity index is 488. The highest BCUT2D eigenvalue weighted by Gasteiger charge is 2.11. The summed E-state index contributed by atoms with van der Waals surface area (Å²) in [5, 5.41) is 1.11. The molecule has 1 heterocycles. The molecule has 0 radical (unpaired) electrons. The van der Waals surface area contributed by atoms with Crippen molar-refractivity contribution in [2.75, 3.05) is 6.54 Å². The molecular weight excluding hydrogens is 216 g/mol. The van der Waals surface area contributed by atoms with E-state index in [1.54, 1.807) is 11.3 Å². The molecule has 2 N–H and O–H groups in total. The molecule has 0 aliphatic rings. The van der Waals surface area contributed by atoms with Gasteiger partial charge in [0.15, 0.2) is 0 Å². The van der Waals surface area contributed by atoms with Crippen LogP contribution in [0.1, 0.15) is 16.3 Å². The van der Waals surface area contributed by atoms with E-state index in [-0.39, 0.29) is 0 Å². The fraction of sp³-hybridized carbons (Fsp3) is 0.308. The third kappa shape index (κ3) is 2.15. The summed E-state index contributed by atoms with van der Waals surface area (Å²) in [5.41, 5.74) is 9.34. The number of aryl methyl sites for hydroxylation is 2. The fourth-order valence-electron chi connectivity index (χ4n) is 1.81. The van der Waals surface area contributed by atoms with Crippen molar-refractivity contribution >= 4 is 11.3 Å². The maximum atomic E-state index is 5.62. The molecule has 2 nitrogen and oxygen atoms in total. The number of nitrogens with zero attached hydrogens (tertiary/aromatic N) is 1. The Morgan fingerprint density at radius 1 is 1.25 bits per heavy atom. The van der Waals surface area contributed by atoms with Gasteiger partial charge in [-0.05, 0) is 31.5 Å². The molecule has 0 unspecified atom stereocenters. The summed E-state index contributed by atoms with van der Waals surface area (Å²) in [7, 11) is 0. The van der Waals surface area contributed by atoms with E-state index in [2.05, 4.69) is 36.2 Å². The first-order valence-corrected chi connectivity index (χ1v) is 6.26. The molecule has 2 rings (SSSR count). The van der Waals surface area contributed by atoms with E-state index in [9.17, 15) is 0 Å². The summed E-state index contributed by atoms with van der Waals surface area (Å²) in [6.45, 7) is 4.84. The van der Waals surface area contributed by atoms with E-state index in [1.165, 1.54) is 16.0 Å². The number of rotatable bonds is 3. The second kappa shape index (κ2) is 4.76. The zero-order valence-electron chi connectivity index (χ0n) is 9.66. The maximum absolute atomic E-state index is 5.62. The highest BCUT2D eigenvalue weighted by Crippen LogP contribution is 2.32. The smallest absolute Gasteiger partial charge is 0.0903 e. The second-order valence-electron chi connectivity index (χ2n) is 3.86. The fourth-order valence-corrected chi connectivity index (χ4v) is 2.87. The normalized spacial score (nSPS) is 10.7. The van der Waals surface area contributed by atoms with E-state index in [1.807, 2.05) is 6.92 Å². The largest absolute Gasteiger partial charge is 0.330 e. The second-order valence-corrected chi connectivity index (χ2v) is 5.07. The molecule has 0 bridgehead atoms. The van der Waals surface area contributed by atoms with Gasteiger partial charge in [-0.15, -0.1) is 11.3 Å². The van der Waals surface area contributed by atoms with Crippen LogP contribution >= 0.6 is 11.3 Å². The van der Waals surface area contributed by atoms with Gasteiger partial charge < -0.3 is 5.73 Å². The molecule has 0 amide bonds. The summed E-state index contributed by atoms with van der Waals surface area (Å²) in [6.07, 6.45) is 0.855. The van der Waals surface area contributed by atoms with Gasteiger partial charge in [-0.3, -0.25) is 0 Å². The first kappa shape index (κ1) is 11.3. The Hall–Kier alpha value is -1.19. The first-order valence-electron chi connectivity index (χ1n) is 5.44. The first-order chi connectivity index (χ1) is 7.72. The van der Waals surface area contributed by atoms with E-state index < -0.39 is 0 Å². The molecule has 0 fully saturated rings. The van der Waals surface area contributed by atoms with E-state index in [0.29, 0.717) is 6.54 Å². The number of aromatic nitrogens is 1. The van der Waals surface area contributed by atoms with Crippen LogP contribution in [0.25, 0.3) is 10.4 Å². The topological polar surface area (TPSA) is 38.9 Å². The zero-order chi connectivity index (χ0) is 11.5. The van der Waals surface area contributed by atoms with Crippen LogP contribution in [0.2, 0.25) is 0 Å². The number of thiazole rings is 1. The van der Waals surface area contributed by atoms with Crippen molar-refractivity contribution in [3.05, 3.63) is 40.5 Å². The van der Waals surface area contributed by atoms with Crippen molar-refractivity contribution in [1.82, 2.24) is 4.98 Å². The number of hydrogen-bond acceptors (Lipinski definition) is 3. The molecular formula is C13H16N2S. The Balaban J connectivity index is 2.51. The van der Waals surface area contributed by atoms with E-state index >= 15 is 0 Å². The van der Waals surface area contributed by atoms with Crippen LogP contribution in [0.3, 0.4) is 0 Å². The van der Waals surface area contributed by atoms with Gasteiger partial charge in [0, 0.05) is 6.42 Å². The molecule has 1 aromatic heterocycles. The van der Waals surface area contributed by atoms with Gasteiger partial charge in [-0.2, -0.15) is 0 Å². The number of benzene rings is 1. The minimum Gasteiger partial charge on any atom is -0.330 e. The van der Waals surface area contributed by atoms with E-state index in [0.717, 1.165) is 17.1 Å². The lowest BCUT2D eigenvalue weighted by atomic mass is 10.1. The summed E-state index contributed by atoms with van der Waals surface area (Å²) >= 11 is 1.75. The minimum absolute atomic E-state index is 0.655. The molecule has 1 aromatic carbocycles. The van der Waals surface area contributed by atoms with E-state index in [4.69, 9.17) is 5.73 Å². The van der Waals surface area contributed by atoms with Gasteiger partial charge in [-0.25, -0.2) is 4.98 Å². The molecule has 0 aliphatic heterocycles. The van der Waals surface area contributed by atoms with Crippen LogP contribution in [0.5, 0.6) is 0 Å². The Kier molecular flexibility index (Phi) is 3.36. The van der Waals surface area contributed by atoms with Gasteiger partial charge >= 0.3 is 0 Å². The van der Waals surface area contributed by atoms with Crippen molar-refractivity contribution in [3.63, 3.8) is 0 Å². The molecule has 0 saturated carbocycles. The molecule has 0 atom stereocenters. The average molecular weight is 232 g/mol. The van der Waals surface area contributed by atoms with Crippen molar-refractivity contribution in [1.29, 1.82) is 0 Å². The van der Waals surface area contributed by atoms with Gasteiger partial charge in [0.2, 0.25) is 0 Å². The minimum atomic E-state index is 0.655. The Labute approximate surface area is 100 Å². The third-order valence-electron chi connectivity index (χ3n) is 2.58. The molecule has 16 heavy (non-hydrogen) atoms. The average Bonchev–Trinajstić information content (AvgIpc) is 2.61. The maximum Gasteiger partial charge on any atom is 0.0903 e. The van der Waals surface area contributed by atoms with Crippen LogP contribution in [0, 0.1) is 13.8 Å². The molecule has 0 spiro atoms. The summed E-state index contributed by atoms with van der Waals surface area (Å²) in [6, 6.07) is 8.43. The Morgan fingerprint density at radius 2 is 2.00 bits per heavy atom. The van der Waals surface area contributed by atoms with Gasteiger partial charge in [0.25, 0.3) is 0 Å². The van der Waals surface area contributed by atoms with Crippen LogP contribution in [-0.4, -0.2) is 11.5 Å². The molecule has 2 aromatic rings. The lowest BCUT2D eigenvalue weighted by molar-refractivity contribution is 0.930. The number of nitrogens with two attached hydrogens (primary N) is 1. The lowest BCUT2D eigenvalue weighted by Crippen LogP contribution is -2.04. The van der Waals surface area contributed by atoms with Crippen LogP contribution in [-0.2, 0) is 6.42 Å². The van der Waals surface area contributed by atoms with Gasteiger partial charge in [-0.1, -0.05) is 24.3 Å². The van der Waals surface area contributed by atoms with Crippen molar-refractivity contribution in [3.8, 4) is 10.4 Å². The van der Waals surface area contributed by atoms with Crippen LogP contribution < -0.4 is 5.73 Å². The standard InChI is InChI=1S/C13H16N2S/c1-9-5-3-4-6-11(9)13-12(7-8-14)15-10(2)16-13/h3-6H,7-8,14H2,1-2H3. The van der Waals surface area contributed by atoms with Gasteiger partial charge in [0.05, 0.1) is 15.6 Å². The van der Waals surface area contributed by atoms with Crippen molar-refractivity contribution in [2.45, 2.75) is 20.3 Å². The van der Waals surface area contributed by atoms with Gasteiger partial charge in [0.1, 0.15) is 0 Å². The number of hydrogen-bond donors (Lipinski definition) is 1. The summed E-state index contributed by atoms with van der Waals surface area (Å²) in [5.74, 6) is 0. The third-order valence-corrected chi connectivity index (χ3v) is 3.62. The predicted molar refractivity (Wildman–Crippen MR) is 69.8 cm³/mol. The predicted octanol–water partition coefficient (Wildman–Crippen LogP) is 2.93. The van der Waals surface area contributed by atoms with Crippen molar-refractivity contribution < 1.29 is 0 Å². The summed E-state index contributed by atoms with van der Waals surface area (Å²) in [4.78, 5) is 5.84. The lowest BCUT2D eigenvalue weighted by Gasteiger charge is -2.04. The summed E-state index contributed by atoms with van der Waals surface area (Å²) < 4.78 is 0. The molecule has 84 valence electrons. The van der Waals surface area contributed by atoms with Crippen LogP contribution in [0.15, 0.2) is 24.3 Å². The molecule has 3 heteroatoms. The monoisotopic (exact) mass is 232 g/mol. The highest BCUT2D eigenvalue weighted by atomic mass is 32.1. The van der Waals surface area contributed by atoms with Crippen molar-refractivity contribution in [2.24, 2.45) is 5.73 Å². The quantitative estimate of drug-likeness (QED) is 0.883. The zero-order valence-corrected chi connectivity index (χ0v) is 10.5. The Morgan fingerprint density at radius 3 is 2.69 bits per heavy atom. The highest BCUT2D eigenvalue weighted by molar-refractivity contribution is 7.15. The molecule has 0 saturated heterocycles. The molecule has 0 aliphatic carbocycles. The SMILES string of the molecule is Cc1nc(CCN)c(-c2ccccc2C)s1.